The van der Waals surface area contributed by atoms with Crippen LogP contribution in [0, 0.1) is 0 Å². The van der Waals surface area contributed by atoms with Gasteiger partial charge in [0.2, 0.25) is 0 Å². The van der Waals surface area contributed by atoms with E-state index >= 15 is 0 Å². The van der Waals surface area contributed by atoms with Gasteiger partial charge >= 0.3 is 37.7 Å². The second kappa shape index (κ2) is 11.8. The van der Waals surface area contributed by atoms with Gasteiger partial charge in [-0.05, 0) is 26.0 Å². The quantitative estimate of drug-likeness (QED) is 0.362. The summed E-state index contributed by atoms with van der Waals surface area (Å²) in [5.74, 6) is -0.750. The molecule has 15 heavy (non-hydrogen) atoms. The fourth-order valence-electron chi connectivity index (χ4n) is 0.572. The van der Waals surface area contributed by atoms with E-state index < -0.39 is 0 Å². The topological polar surface area (TPSA) is 80.3 Å². The van der Waals surface area contributed by atoms with Crippen molar-refractivity contribution in [3.63, 3.8) is 0 Å². The molecule has 0 atom stereocenters. The molecule has 0 aliphatic heterocycles. The Morgan fingerprint density at radius 3 is 1.00 bits per heavy atom. The molecule has 0 fully saturated rings. The Bertz CT molecular complexity index is 231. The van der Waals surface area contributed by atoms with E-state index in [-0.39, 0.29) is 60.8 Å². The van der Waals surface area contributed by atoms with E-state index in [9.17, 15) is 19.8 Å². The molecule has 0 N–H and O–H groups in total. The molecule has 0 unspecified atom stereocenters. The zero-order chi connectivity index (χ0) is 11.7. The molecule has 0 amide bonds. The third kappa shape index (κ3) is 31.6. The molecular formula is C10H14CaO4. The van der Waals surface area contributed by atoms with E-state index in [1.165, 1.54) is 27.7 Å². The Morgan fingerprint density at radius 2 is 1.00 bits per heavy atom. The third-order valence-corrected chi connectivity index (χ3v) is 0.813. The van der Waals surface area contributed by atoms with E-state index in [0.717, 1.165) is 12.2 Å². The predicted molar refractivity (Wildman–Crippen MR) is 54.6 cm³/mol. The van der Waals surface area contributed by atoms with Crippen LogP contribution >= 0.6 is 0 Å². The van der Waals surface area contributed by atoms with Gasteiger partial charge < -0.3 is 10.2 Å². The molecule has 0 bridgehead atoms. The second-order valence-corrected chi connectivity index (χ2v) is 2.73. The smallest absolute Gasteiger partial charge is 0.876 e. The summed E-state index contributed by atoms with van der Waals surface area (Å²) in [4.78, 5) is 20.0. The molecule has 0 aromatic carbocycles. The Hall–Kier alpha value is -0.320. The van der Waals surface area contributed by atoms with E-state index in [4.69, 9.17) is 0 Å². The predicted octanol–water partition coefficient (Wildman–Crippen LogP) is -0.702. The van der Waals surface area contributed by atoms with E-state index in [0.29, 0.717) is 0 Å². The summed E-state index contributed by atoms with van der Waals surface area (Å²) in [6, 6.07) is 0. The Kier molecular flexibility index (Phi) is 15.8. The van der Waals surface area contributed by atoms with E-state index in [1.807, 2.05) is 0 Å². The van der Waals surface area contributed by atoms with Crippen LogP contribution in [0.25, 0.3) is 0 Å². The van der Waals surface area contributed by atoms with Crippen molar-refractivity contribution in [2.75, 3.05) is 0 Å². The van der Waals surface area contributed by atoms with Crippen LogP contribution in [0.1, 0.15) is 27.7 Å². The van der Waals surface area contributed by atoms with Gasteiger partial charge in [-0.3, -0.25) is 9.59 Å². The van der Waals surface area contributed by atoms with Gasteiger partial charge in [-0.2, -0.15) is 0 Å². The molecule has 80 valence electrons. The number of rotatable bonds is 2. The SMILES string of the molecule is CC(=O)C=C(C)[O-].CC(=O)C=C(C)[O-].[Ca+2]. The summed E-state index contributed by atoms with van der Waals surface area (Å²) in [7, 11) is 0. The number of allylic oxidation sites excluding steroid dienone is 4. The Balaban J connectivity index is -0.000000180. The van der Waals surface area contributed by atoms with Crippen LogP contribution in [-0.4, -0.2) is 49.3 Å². The van der Waals surface area contributed by atoms with E-state index in [1.54, 1.807) is 0 Å². The number of carbonyl (C=O) groups excluding carboxylic acids is 2. The fourth-order valence-corrected chi connectivity index (χ4v) is 0.572. The second-order valence-electron chi connectivity index (χ2n) is 2.73. The minimum absolute atomic E-state index is 0. The normalized spacial score (nSPS) is 10.7. The molecule has 0 aliphatic rings. The first-order valence-electron chi connectivity index (χ1n) is 3.97. The molecule has 0 saturated carbocycles. The van der Waals surface area contributed by atoms with Crippen molar-refractivity contribution in [2.24, 2.45) is 0 Å². The van der Waals surface area contributed by atoms with Gasteiger partial charge in [0, 0.05) is 0 Å². The monoisotopic (exact) mass is 238 g/mol. The maximum absolute atomic E-state index is 9.98. The molecule has 0 heterocycles. The fraction of sp³-hybridized carbons (Fsp3) is 0.400. The van der Waals surface area contributed by atoms with Crippen LogP contribution in [0.4, 0.5) is 0 Å². The molecule has 0 aromatic rings. The van der Waals surface area contributed by atoms with Crippen LogP contribution in [0.3, 0.4) is 0 Å². The number of hydrogen-bond donors (Lipinski definition) is 0. The minimum Gasteiger partial charge on any atom is -0.876 e. The van der Waals surface area contributed by atoms with Crippen molar-refractivity contribution < 1.29 is 19.8 Å². The molecule has 0 spiro atoms. The largest absolute Gasteiger partial charge is 2.00 e. The van der Waals surface area contributed by atoms with Crippen molar-refractivity contribution >= 4 is 49.3 Å². The van der Waals surface area contributed by atoms with Crippen molar-refractivity contribution in [1.82, 2.24) is 0 Å². The van der Waals surface area contributed by atoms with Gasteiger partial charge in [-0.25, -0.2) is 0 Å². The first-order valence-corrected chi connectivity index (χ1v) is 3.97. The average Bonchev–Trinajstić information content (AvgIpc) is 1.79. The minimum atomic E-state index is -0.187. The van der Waals surface area contributed by atoms with Gasteiger partial charge in [-0.15, -0.1) is 11.5 Å². The summed E-state index contributed by atoms with van der Waals surface area (Å²) < 4.78 is 0. The van der Waals surface area contributed by atoms with Gasteiger partial charge in [0.25, 0.3) is 0 Å². The molecule has 5 heteroatoms. The summed E-state index contributed by atoms with van der Waals surface area (Å²) in [6.45, 7) is 5.39. The number of carbonyl (C=O) groups is 2. The molecule has 0 saturated heterocycles. The molecule has 0 aliphatic carbocycles. The van der Waals surface area contributed by atoms with Crippen molar-refractivity contribution in [3.8, 4) is 0 Å². The summed E-state index contributed by atoms with van der Waals surface area (Å²) in [5.41, 5.74) is 0. The maximum Gasteiger partial charge on any atom is 2.00 e. The van der Waals surface area contributed by atoms with Gasteiger partial charge in [0.1, 0.15) is 0 Å². The third-order valence-electron chi connectivity index (χ3n) is 0.813. The summed E-state index contributed by atoms with van der Waals surface area (Å²) in [5, 5.41) is 20.0. The van der Waals surface area contributed by atoms with Gasteiger partial charge in [0.15, 0.2) is 11.6 Å². The van der Waals surface area contributed by atoms with Crippen LogP contribution in [0.15, 0.2) is 23.7 Å². The number of ketones is 2. The molecule has 0 aromatic heterocycles. The Labute approximate surface area is 120 Å². The first-order chi connectivity index (χ1) is 6.25. The zero-order valence-corrected chi connectivity index (χ0v) is 11.7. The van der Waals surface area contributed by atoms with Crippen molar-refractivity contribution in [1.29, 1.82) is 0 Å². The van der Waals surface area contributed by atoms with Crippen molar-refractivity contribution in [3.05, 3.63) is 23.7 Å². The summed E-state index contributed by atoms with van der Waals surface area (Å²) in [6.07, 6.45) is 2.11. The molecule has 0 radical (unpaired) electrons. The maximum atomic E-state index is 9.98. The van der Waals surface area contributed by atoms with Gasteiger partial charge in [-0.1, -0.05) is 13.8 Å². The molecule has 4 nitrogen and oxygen atoms in total. The average molecular weight is 238 g/mol. The number of hydrogen-bond acceptors (Lipinski definition) is 4. The van der Waals surface area contributed by atoms with Crippen LogP contribution in [-0.2, 0) is 9.59 Å². The molecule has 0 rings (SSSR count). The Morgan fingerprint density at radius 1 is 0.800 bits per heavy atom. The van der Waals surface area contributed by atoms with Crippen LogP contribution in [0.2, 0.25) is 0 Å². The van der Waals surface area contributed by atoms with Crippen LogP contribution in [0.5, 0.6) is 0 Å². The van der Waals surface area contributed by atoms with Crippen LogP contribution < -0.4 is 10.2 Å². The van der Waals surface area contributed by atoms with E-state index in [2.05, 4.69) is 0 Å². The molecular weight excluding hydrogens is 224 g/mol. The first kappa shape index (κ1) is 20.1. The standard InChI is InChI=1S/2C5H8O2.Ca/c2*1-4(6)3-5(2)7;/h2*3,6H,1-2H3;/q;;+2/p-2. The summed E-state index contributed by atoms with van der Waals surface area (Å²) >= 11 is 0. The van der Waals surface area contributed by atoms with Crippen molar-refractivity contribution in [2.45, 2.75) is 27.7 Å². The zero-order valence-electron chi connectivity index (χ0n) is 9.49. The van der Waals surface area contributed by atoms with Gasteiger partial charge in [0.05, 0.1) is 0 Å².